The van der Waals surface area contributed by atoms with Crippen LogP contribution in [0.4, 0.5) is 5.69 Å². The topological polar surface area (TPSA) is 103 Å². The molecule has 1 N–H and O–H groups in total. The van der Waals surface area contributed by atoms with E-state index in [-0.39, 0.29) is 32.5 Å². The fourth-order valence-electron chi connectivity index (χ4n) is 3.39. The van der Waals surface area contributed by atoms with Crippen LogP contribution in [0.5, 0.6) is 0 Å². The summed E-state index contributed by atoms with van der Waals surface area (Å²) in [6.45, 7) is 0. The van der Waals surface area contributed by atoms with Crippen LogP contribution in [0.3, 0.4) is 0 Å². The SMILES string of the molecule is O=C(Nc1c(Cl)cncc1Cl)c1nn(-c2cccc(C#Cc3cccnc3)c2)c2ncccc2c1=O. The summed E-state index contributed by atoms with van der Waals surface area (Å²) in [4.78, 5) is 38.5. The van der Waals surface area contributed by atoms with Crippen LogP contribution in [-0.2, 0) is 0 Å². The summed E-state index contributed by atoms with van der Waals surface area (Å²) in [6.07, 6.45) is 7.55. The first-order chi connectivity index (χ1) is 17.5. The highest BCUT2D eigenvalue weighted by Crippen LogP contribution is 2.29. The van der Waals surface area contributed by atoms with Gasteiger partial charge in [0, 0.05) is 42.1 Å². The standard InChI is InChI=1S/C26H14Cl2N6O2/c27-20-14-30-15-21(28)22(20)32-26(36)23-24(35)19-7-3-11-31-25(19)34(33-23)18-6-1-4-16(12-18)8-9-17-5-2-10-29-13-17/h1-7,10-15H,(H,30,32,36). The Morgan fingerprint density at radius 3 is 2.42 bits per heavy atom. The minimum absolute atomic E-state index is 0.124. The molecule has 36 heavy (non-hydrogen) atoms. The maximum Gasteiger partial charge on any atom is 0.280 e. The number of pyridine rings is 3. The van der Waals surface area contributed by atoms with Crippen molar-refractivity contribution in [2.75, 3.05) is 5.32 Å². The van der Waals surface area contributed by atoms with E-state index in [2.05, 4.69) is 37.2 Å². The zero-order valence-electron chi connectivity index (χ0n) is 18.3. The Bertz CT molecular complexity index is 1720. The molecule has 8 nitrogen and oxygen atoms in total. The Balaban J connectivity index is 1.61. The number of halogens is 2. The molecule has 5 aromatic rings. The summed E-state index contributed by atoms with van der Waals surface area (Å²) in [5, 5.41) is 7.38. The first kappa shape index (κ1) is 23.2. The van der Waals surface area contributed by atoms with Gasteiger partial charge in [-0.3, -0.25) is 19.6 Å². The van der Waals surface area contributed by atoms with Gasteiger partial charge in [0.15, 0.2) is 11.3 Å². The Kier molecular flexibility index (Phi) is 6.41. The second-order valence-corrected chi connectivity index (χ2v) is 8.25. The van der Waals surface area contributed by atoms with Gasteiger partial charge >= 0.3 is 0 Å². The smallest absolute Gasteiger partial charge is 0.280 e. The van der Waals surface area contributed by atoms with Gasteiger partial charge in [0.25, 0.3) is 5.91 Å². The van der Waals surface area contributed by atoms with Crippen molar-refractivity contribution in [3.8, 4) is 17.5 Å². The van der Waals surface area contributed by atoms with Crippen molar-refractivity contribution in [1.29, 1.82) is 0 Å². The van der Waals surface area contributed by atoms with Crippen LogP contribution in [-0.4, -0.2) is 30.6 Å². The molecular weight excluding hydrogens is 499 g/mol. The second-order valence-electron chi connectivity index (χ2n) is 7.44. The van der Waals surface area contributed by atoms with Crippen molar-refractivity contribution in [2.24, 2.45) is 0 Å². The number of hydrogen-bond acceptors (Lipinski definition) is 6. The minimum atomic E-state index is -0.776. The van der Waals surface area contributed by atoms with E-state index >= 15 is 0 Å². The second kappa shape index (κ2) is 9.96. The highest BCUT2D eigenvalue weighted by Gasteiger charge is 2.21. The number of aromatic nitrogens is 5. The van der Waals surface area contributed by atoms with E-state index in [1.165, 1.54) is 17.1 Å². The number of anilines is 1. The number of amides is 1. The third-order valence-corrected chi connectivity index (χ3v) is 5.63. The summed E-state index contributed by atoms with van der Waals surface area (Å²) >= 11 is 12.2. The van der Waals surface area contributed by atoms with Crippen molar-refractivity contribution in [3.05, 3.63) is 117 Å². The first-order valence-corrected chi connectivity index (χ1v) is 11.3. The Morgan fingerprint density at radius 1 is 0.889 bits per heavy atom. The summed E-state index contributed by atoms with van der Waals surface area (Å²) in [5.74, 6) is 5.36. The fraction of sp³-hybridized carbons (Fsp3) is 0. The number of rotatable bonds is 3. The third-order valence-electron chi connectivity index (χ3n) is 5.06. The quantitative estimate of drug-likeness (QED) is 0.356. The number of hydrogen-bond donors (Lipinski definition) is 1. The normalized spacial score (nSPS) is 10.5. The lowest BCUT2D eigenvalue weighted by Gasteiger charge is -2.12. The molecule has 0 fully saturated rings. The Hall–Kier alpha value is -4.58. The molecule has 4 heterocycles. The van der Waals surface area contributed by atoms with Gasteiger partial charge in [-0.2, -0.15) is 5.10 Å². The predicted octanol–water partition coefficient (Wildman–Crippen LogP) is 4.53. The molecular formula is C26H14Cl2N6O2. The van der Waals surface area contributed by atoms with E-state index in [1.807, 2.05) is 12.1 Å². The molecule has 0 spiro atoms. The highest BCUT2D eigenvalue weighted by atomic mass is 35.5. The summed E-state index contributed by atoms with van der Waals surface area (Å²) < 4.78 is 1.43. The number of benzene rings is 1. The lowest BCUT2D eigenvalue weighted by Crippen LogP contribution is -2.27. The zero-order chi connectivity index (χ0) is 25.1. The number of carbonyl (C=O) groups is 1. The molecule has 0 unspecified atom stereocenters. The molecule has 4 aromatic heterocycles. The van der Waals surface area contributed by atoms with Gasteiger partial charge in [-0.05, 0) is 42.5 Å². The average Bonchev–Trinajstić information content (AvgIpc) is 2.91. The van der Waals surface area contributed by atoms with Crippen molar-refractivity contribution in [2.45, 2.75) is 0 Å². The number of nitrogens with one attached hydrogen (secondary N) is 1. The maximum atomic E-state index is 13.2. The number of carbonyl (C=O) groups excluding carboxylic acids is 1. The molecule has 0 aliphatic rings. The van der Waals surface area contributed by atoms with Gasteiger partial charge in [-0.25, -0.2) is 9.67 Å². The van der Waals surface area contributed by atoms with Gasteiger partial charge in [0.2, 0.25) is 5.43 Å². The lowest BCUT2D eigenvalue weighted by molar-refractivity contribution is 0.102. The predicted molar refractivity (Wildman–Crippen MR) is 138 cm³/mol. The van der Waals surface area contributed by atoms with E-state index < -0.39 is 11.3 Å². The molecule has 0 radical (unpaired) electrons. The van der Waals surface area contributed by atoms with Crippen LogP contribution in [0.25, 0.3) is 16.7 Å². The fourth-order valence-corrected chi connectivity index (χ4v) is 3.85. The molecule has 10 heteroatoms. The van der Waals surface area contributed by atoms with Gasteiger partial charge in [0.05, 0.1) is 26.8 Å². The summed E-state index contributed by atoms with van der Waals surface area (Å²) in [5.41, 5.74) is 1.50. The number of nitrogens with zero attached hydrogens (tertiary/aromatic N) is 5. The highest BCUT2D eigenvalue weighted by molar-refractivity contribution is 6.39. The van der Waals surface area contributed by atoms with Crippen LogP contribution in [0, 0.1) is 11.8 Å². The van der Waals surface area contributed by atoms with E-state index in [0.717, 1.165) is 5.56 Å². The molecule has 0 saturated heterocycles. The Labute approximate surface area is 214 Å². The maximum absolute atomic E-state index is 13.2. The largest absolute Gasteiger partial charge is 0.318 e. The van der Waals surface area contributed by atoms with E-state index in [1.54, 1.807) is 55.0 Å². The first-order valence-electron chi connectivity index (χ1n) is 10.5. The van der Waals surface area contributed by atoms with Crippen LogP contribution < -0.4 is 10.7 Å². The minimum Gasteiger partial charge on any atom is -0.318 e. The third kappa shape index (κ3) is 4.66. The van der Waals surface area contributed by atoms with E-state index in [9.17, 15) is 9.59 Å². The molecule has 0 aliphatic carbocycles. The molecule has 1 aromatic carbocycles. The van der Waals surface area contributed by atoms with Crippen LogP contribution >= 0.6 is 23.2 Å². The van der Waals surface area contributed by atoms with Gasteiger partial charge < -0.3 is 5.32 Å². The molecule has 0 aliphatic heterocycles. The summed E-state index contributed by atoms with van der Waals surface area (Å²) in [7, 11) is 0. The van der Waals surface area contributed by atoms with Crippen molar-refractivity contribution in [3.63, 3.8) is 0 Å². The molecule has 0 saturated carbocycles. The van der Waals surface area contributed by atoms with E-state index in [4.69, 9.17) is 23.2 Å². The van der Waals surface area contributed by atoms with Gasteiger partial charge in [-0.15, -0.1) is 0 Å². The lowest BCUT2D eigenvalue weighted by atomic mass is 10.1. The number of fused-ring (bicyclic) bond motifs is 1. The van der Waals surface area contributed by atoms with E-state index in [0.29, 0.717) is 11.3 Å². The molecule has 5 rings (SSSR count). The van der Waals surface area contributed by atoms with Crippen molar-refractivity contribution in [1.82, 2.24) is 24.7 Å². The van der Waals surface area contributed by atoms with Gasteiger partial charge in [-0.1, -0.05) is 41.1 Å². The van der Waals surface area contributed by atoms with Crippen molar-refractivity contribution < 1.29 is 4.79 Å². The molecule has 174 valence electrons. The Morgan fingerprint density at radius 2 is 1.64 bits per heavy atom. The molecule has 1 amide bonds. The van der Waals surface area contributed by atoms with Crippen LogP contribution in [0.1, 0.15) is 21.6 Å². The summed E-state index contributed by atoms with van der Waals surface area (Å²) in [6, 6.07) is 14.1. The van der Waals surface area contributed by atoms with Gasteiger partial charge in [0.1, 0.15) is 0 Å². The zero-order valence-corrected chi connectivity index (χ0v) is 19.8. The molecule has 0 bridgehead atoms. The van der Waals surface area contributed by atoms with Crippen LogP contribution in [0.15, 0.2) is 84.3 Å². The van der Waals surface area contributed by atoms with Crippen molar-refractivity contribution >= 4 is 45.8 Å². The average molecular weight is 513 g/mol. The molecule has 0 atom stereocenters. The van der Waals surface area contributed by atoms with Crippen LogP contribution in [0.2, 0.25) is 10.0 Å². The monoisotopic (exact) mass is 512 g/mol.